The fourth-order valence-electron chi connectivity index (χ4n) is 3.45. The van der Waals surface area contributed by atoms with Crippen molar-refractivity contribution in [3.8, 4) is 17.0 Å². The van der Waals surface area contributed by atoms with Crippen LogP contribution >= 0.6 is 0 Å². The number of rotatable bonds is 1. The highest BCUT2D eigenvalue weighted by Gasteiger charge is 2.22. The Morgan fingerprint density at radius 3 is 2.75 bits per heavy atom. The van der Waals surface area contributed by atoms with E-state index in [0.717, 1.165) is 42.2 Å². The van der Waals surface area contributed by atoms with Gasteiger partial charge in [0.05, 0.1) is 5.69 Å². The summed E-state index contributed by atoms with van der Waals surface area (Å²) in [7, 11) is 0. The number of aromatic nitrogens is 2. The maximum Gasteiger partial charge on any atom is 0.339 e. The van der Waals surface area contributed by atoms with Crippen LogP contribution in [0.1, 0.15) is 29.5 Å². The second-order valence-electron chi connectivity index (χ2n) is 6.13. The van der Waals surface area contributed by atoms with Crippen molar-refractivity contribution in [3.63, 3.8) is 0 Å². The Balaban J connectivity index is 2.09. The largest absolute Gasteiger partial charge is 0.507 e. The number of nitrogens with zero attached hydrogens (tertiary/aromatic N) is 2. The molecule has 0 aliphatic heterocycles. The van der Waals surface area contributed by atoms with Gasteiger partial charge >= 0.3 is 5.63 Å². The van der Waals surface area contributed by atoms with Crippen LogP contribution in [0.15, 0.2) is 27.5 Å². The van der Waals surface area contributed by atoms with Crippen molar-refractivity contribution in [2.75, 3.05) is 5.73 Å². The van der Waals surface area contributed by atoms with Crippen LogP contribution in [0.4, 0.5) is 5.95 Å². The van der Waals surface area contributed by atoms with Crippen LogP contribution in [0.2, 0.25) is 0 Å². The molecule has 2 heterocycles. The summed E-state index contributed by atoms with van der Waals surface area (Å²) in [4.78, 5) is 20.3. The van der Waals surface area contributed by atoms with Crippen molar-refractivity contribution in [2.24, 2.45) is 0 Å². The molecule has 6 heteroatoms. The number of nitrogen functional groups attached to an aromatic ring is 1. The molecule has 0 radical (unpaired) electrons. The van der Waals surface area contributed by atoms with Gasteiger partial charge < -0.3 is 15.3 Å². The highest BCUT2D eigenvalue weighted by atomic mass is 16.4. The summed E-state index contributed by atoms with van der Waals surface area (Å²) in [6, 6.07) is 3.54. The van der Waals surface area contributed by atoms with Crippen molar-refractivity contribution in [3.05, 3.63) is 45.4 Å². The molecule has 0 bridgehead atoms. The van der Waals surface area contributed by atoms with Crippen LogP contribution in [0, 0.1) is 6.92 Å². The average Bonchev–Trinajstić information content (AvgIpc) is 2.59. The first kappa shape index (κ1) is 14.7. The number of aromatic hydroxyl groups is 1. The molecule has 0 fully saturated rings. The molecular formula is C18H17N3O3. The summed E-state index contributed by atoms with van der Waals surface area (Å²) in [5, 5.41) is 11.4. The molecule has 1 aliphatic rings. The van der Waals surface area contributed by atoms with Crippen LogP contribution in [-0.2, 0) is 12.8 Å². The minimum absolute atomic E-state index is 0.0412. The van der Waals surface area contributed by atoms with Gasteiger partial charge in [0.15, 0.2) is 0 Å². The van der Waals surface area contributed by atoms with Gasteiger partial charge in [-0.1, -0.05) is 0 Å². The number of aryl methyl sites for hydroxylation is 2. The SMILES string of the molecule is Cc1c(O)c(-c2ccnc(N)n2)cc2c3c(c(=O)oc12)CCCC3. The monoisotopic (exact) mass is 323 g/mol. The van der Waals surface area contributed by atoms with E-state index in [1.54, 1.807) is 19.2 Å². The van der Waals surface area contributed by atoms with Crippen LogP contribution in [-0.4, -0.2) is 15.1 Å². The van der Waals surface area contributed by atoms with E-state index in [0.29, 0.717) is 22.4 Å². The molecule has 6 nitrogen and oxygen atoms in total. The Morgan fingerprint density at radius 2 is 2.00 bits per heavy atom. The number of phenols is 1. The first-order chi connectivity index (χ1) is 11.6. The van der Waals surface area contributed by atoms with Gasteiger partial charge in [-0.3, -0.25) is 0 Å². The number of fused-ring (bicyclic) bond motifs is 3. The Labute approximate surface area is 138 Å². The summed E-state index contributed by atoms with van der Waals surface area (Å²) in [5.74, 6) is 0.186. The zero-order chi connectivity index (χ0) is 16.8. The zero-order valence-corrected chi connectivity index (χ0v) is 13.3. The predicted octanol–water partition coefficient (Wildman–Crippen LogP) is 2.73. The van der Waals surface area contributed by atoms with E-state index in [9.17, 15) is 9.90 Å². The van der Waals surface area contributed by atoms with Crippen LogP contribution in [0.25, 0.3) is 22.2 Å². The van der Waals surface area contributed by atoms with E-state index in [4.69, 9.17) is 10.2 Å². The maximum absolute atomic E-state index is 12.3. The molecule has 3 aromatic rings. The maximum atomic E-state index is 12.3. The third-order valence-corrected chi connectivity index (χ3v) is 4.67. The highest BCUT2D eigenvalue weighted by molar-refractivity contribution is 5.92. The number of hydrogen-bond acceptors (Lipinski definition) is 6. The molecule has 0 unspecified atom stereocenters. The fourth-order valence-corrected chi connectivity index (χ4v) is 3.45. The number of anilines is 1. The van der Waals surface area contributed by atoms with Gasteiger partial charge in [-0.05, 0) is 50.3 Å². The molecule has 4 rings (SSSR count). The summed E-state index contributed by atoms with van der Waals surface area (Å²) in [5.41, 5.74) is 9.24. The smallest absolute Gasteiger partial charge is 0.339 e. The van der Waals surface area contributed by atoms with E-state index in [1.807, 2.05) is 6.07 Å². The van der Waals surface area contributed by atoms with Gasteiger partial charge in [-0.15, -0.1) is 0 Å². The van der Waals surface area contributed by atoms with Gasteiger partial charge in [0.2, 0.25) is 5.95 Å². The fraction of sp³-hybridized carbons (Fsp3) is 0.278. The molecule has 1 aliphatic carbocycles. The van der Waals surface area contributed by atoms with Crippen molar-refractivity contribution in [2.45, 2.75) is 32.6 Å². The van der Waals surface area contributed by atoms with Crippen molar-refractivity contribution in [1.29, 1.82) is 0 Å². The van der Waals surface area contributed by atoms with Crippen LogP contribution in [0.3, 0.4) is 0 Å². The zero-order valence-electron chi connectivity index (χ0n) is 13.3. The van der Waals surface area contributed by atoms with Crippen LogP contribution in [0.5, 0.6) is 5.75 Å². The normalized spacial score (nSPS) is 13.9. The van der Waals surface area contributed by atoms with Crippen molar-refractivity contribution >= 4 is 16.9 Å². The Bertz CT molecular complexity index is 1020. The first-order valence-electron chi connectivity index (χ1n) is 7.96. The van der Waals surface area contributed by atoms with E-state index < -0.39 is 0 Å². The highest BCUT2D eigenvalue weighted by Crippen LogP contribution is 2.39. The van der Waals surface area contributed by atoms with E-state index in [1.165, 1.54) is 0 Å². The molecular weight excluding hydrogens is 306 g/mol. The molecule has 0 saturated carbocycles. The van der Waals surface area contributed by atoms with E-state index in [-0.39, 0.29) is 17.3 Å². The first-order valence-corrected chi connectivity index (χ1v) is 7.96. The summed E-state index contributed by atoms with van der Waals surface area (Å²) in [6.45, 7) is 1.74. The molecule has 3 N–H and O–H groups in total. The summed E-state index contributed by atoms with van der Waals surface area (Å²) >= 11 is 0. The molecule has 122 valence electrons. The van der Waals surface area contributed by atoms with Gasteiger partial charge in [-0.25, -0.2) is 14.8 Å². The summed E-state index contributed by atoms with van der Waals surface area (Å²) in [6.07, 6.45) is 5.17. The molecule has 0 atom stereocenters. The number of phenolic OH excluding ortho intramolecular Hbond substituents is 1. The molecule has 24 heavy (non-hydrogen) atoms. The lowest BCUT2D eigenvalue weighted by atomic mass is 9.89. The quantitative estimate of drug-likeness (QED) is 0.668. The molecule has 2 aromatic heterocycles. The topological polar surface area (TPSA) is 102 Å². The van der Waals surface area contributed by atoms with Gasteiger partial charge in [0.1, 0.15) is 11.3 Å². The van der Waals surface area contributed by atoms with Crippen molar-refractivity contribution in [1.82, 2.24) is 9.97 Å². The minimum atomic E-state index is -0.293. The molecule has 0 amide bonds. The third kappa shape index (κ3) is 2.14. The second kappa shape index (κ2) is 5.33. The summed E-state index contributed by atoms with van der Waals surface area (Å²) < 4.78 is 5.51. The number of hydrogen-bond donors (Lipinski definition) is 2. The third-order valence-electron chi connectivity index (χ3n) is 4.67. The predicted molar refractivity (Wildman–Crippen MR) is 91.0 cm³/mol. The molecule has 1 aromatic carbocycles. The lowest BCUT2D eigenvalue weighted by Gasteiger charge is -2.18. The van der Waals surface area contributed by atoms with E-state index >= 15 is 0 Å². The Morgan fingerprint density at radius 1 is 1.25 bits per heavy atom. The number of benzene rings is 1. The van der Waals surface area contributed by atoms with Gasteiger partial charge in [0.25, 0.3) is 0 Å². The Kier molecular flexibility index (Phi) is 3.26. The minimum Gasteiger partial charge on any atom is -0.507 e. The second-order valence-corrected chi connectivity index (χ2v) is 6.13. The lowest BCUT2D eigenvalue weighted by Crippen LogP contribution is -2.16. The van der Waals surface area contributed by atoms with Gasteiger partial charge in [0, 0.05) is 28.3 Å². The lowest BCUT2D eigenvalue weighted by molar-refractivity contribution is 0.469. The number of nitrogens with two attached hydrogens (primary N) is 1. The van der Waals surface area contributed by atoms with Crippen LogP contribution < -0.4 is 11.4 Å². The van der Waals surface area contributed by atoms with E-state index in [2.05, 4.69) is 9.97 Å². The van der Waals surface area contributed by atoms with Gasteiger partial charge in [-0.2, -0.15) is 0 Å². The standard InChI is InChI=1S/C18H17N3O3/c1-9-15(22)13(14-6-7-20-18(19)21-14)8-12-10-4-2-3-5-11(10)17(23)24-16(9)12/h6-8,22H,2-5H2,1H3,(H2,19,20,21). The Hall–Kier alpha value is -2.89. The van der Waals surface area contributed by atoms with Crippen molar-refractivity contribution < 1.29 is 9.52 Å². The molecule has 0 spiro atoms. The molecule has 0 saturated heterocycles. The average molecular weight is 323 g/mol.